The summed E-state index contributed by atoms with van der Waals surface area (Å²) in [7, 11) is 0. The van der Waals surface area contributed by atoms with Gasteiger partial charge in [0, 0.05) is 13.1 Å². The second kappa shape index (κ2) is 4.63. The van der Waals surface area contributed by atoms with Crippen molar-refractivity contribution in [3.05, 3.63) is 0 Å². The Morgan fingerprint density at radius 3 is 2.64 bits per heavy atom. The summed E-state index contributed by atoms with van der Waals surface area (Å²) in [6.45, 7) is 5.23. The highest BCUT2D eigenvalue weighted by molar-refractivity contribution is 4.83. The highest BCUT2D eigenvalue weighted by Gasteiger charge is 2.30. The van der Waals surface area contributed by atoms with E-state index in [2.05, 4.69) is 4.90 Å². The molecule has 0 aromatic rings. The SMILES string of the molecule is C[C@H](O)CN1CCC2CCCCC2C1. The summed E-state index contributed by atoms with van der Waals surface area (Å²) >= 11 is 0. The van der Waals surface area contributed by atoms with Crippen LogP contribution >= 0.6 is 0 Å². The lowest BCUT2D eigenvalue weighted by molar-refractivity contribution is 0.0520. The Hall–Kier alpha value is -0.0800. The van der Waals surface area contributed by atoms with Crippen LogP contribution in [0.1, 0.15) is 39.0 Å². The average Bonchev–Trinajstić information content (AvgIpc) is 2.17. The van der Waals surface area contributed by atoms with Gasteiger partial charge in [-0.3, -0.25) is 0 Å². The molecule has 0 aromatic carbocycles. The maximum atomic E-state index is 9.36. The summed E-state index contributed by atoms with van der Waals surface area (Å²) in [5.41, 5.74) is 0. The molecule has 0 bridgehead atoms. The number of nitrogens with zero attached hydrogens (tertiary/aromatic N) is 1. The maximum Gasteiger partial charge on any atom is 0.0639 e. The Bertz CT molecular complexity index is 181. The van der Waals surface area contributed by atoms with E-state index in [9.17, 15) is 5.11 Å². The Kier molecular flexibility index (Phi) is 3.45. The summed E-state index contributed by atoms with van der Waals surface area (Å²) < 4.78 is 0. The summed E-state index contributed by atoms with van der Waals surface area (Å²) in [4.78, 5) is 2.46. The molecule has 2 unspecified atom stereocenters. The third kappa shape index (κ3) is 2.48. The number of β-amino-alcohol motifs (C(OH)–C–C–N with tert-alkyl or cyclic N) is 1. The molecule has 2 aliphatic rings. The molecule has 82 valence electrons. The fraction of sp³-hybridized carbons (Fsp3) is 1.00. The summed E-state index contributed by atoms with van der Waals surface area (Å²) in [6, 6.07) is 0. The van der Waals surface area contributed by atoms with Crippen molar-refractivity contribution in [2.45, 2.75) is 45.1 Å². The zero-order valence-electron chi connectivity index (χ0n) is 9.28. The number of aliphatic hydroxyl groups is 1. The molecule has 1 saturated carbocycles. The van der Waals surface area contributed by atoms with Gasteiger partial charge >= 0.3 is 0 Å². The molecule has 2 rings (SSSR count). The van der Waals surface area contributed by atoms with Gasteiger partial charge in [0.25, 0.3) is 0 Å². The number of fused-ring (bicyclic) bond motifs is 1. The van der Waals surface area contributed by atoms with E-state index >= 15 is 0 Å². The molecule has 1 aliphatic carbocycles. The number of hydrogen-bond donors (Lipinski definition) is 1. The van der Waals surface area contributed by atoms with Crippen LogP contribution in [-0.4, -0.2) is 35.7 Å². The van der Waals surface area contributed by atoms with Crippen LogP contribution in [0.4, 0.5) is 0 Å². The highest BCUT2D eigenvalue weighted by atomic mass is 16.3. The van der Waals surface area contributed by atoms with E-state index in [0.717, 1.165) is 18.4 Å². The number of likely N-dealkylation sites (tertiary alicyclic amines) is 1. The van der Waals surface area contributed by atoms with Crippen molar-refractivity contribution in [3.8, 4) is 0 Å². The second-order valence-corrected chi connectivity index (χ2v) is 5.20. The Labute approximate surface area is 87.3 Å². The Morgan fingerprint density at radius 2 is 1.93 bits per heavy atom. The lowest BCUT2D eigenvalue weighted by atomic mass is 9.75. The Morgan fingerprint density at radius 1 is 1.21 bits per heavy atom. The van der Waals surface area contributed by atoms with Gasteiger partial charge in [0.05, 0.1) is 6.10 Å². The molecule has 1 heterocycles. The van der Waals surface area contributed by atoms with Gasteiger partial charge in [0.2, 0.25) is 0 Å². The second-order valence-electron chi connectivity index (χ2n) is 5.20. The number of hydrogen-bond acceptors (Lipinski definition) is 2. The van der Waals surface area contributed by atoms with Crippen LogP contribution in [0.5, 0.6) is 0 Å². The van der Waals surface area contributed by atoms with Crippen LogP contribution in [0.2, 0.25) is 0 Å². The van der Waals surface area contributed by atoms with E-state index in [1.807, 2.05) is 6.92 Å². The van der Waals surface area contributed by atoms with Crippen molar-refractivity contribution in [3.63, 3.8) is 0 Å². The first-order valence-corrected chi connectivity index (χ1v) is 6.16. The van der Waals surface area contributed by atoms with Crippen LogP contribution in [0.3, 0.4) is 0 Å². The minimum Gasteiger partial charge on any atom is -0.392 e. The van der Waals surface area contributed by atoms with Gasteiger partial charge in [0.15, 0.2) is 0 Å². The molecule has 1 N–H and O–H groups in total. The van der Waals surface area contributed by atoms with Gasteiger partial charge in [-0.25, -0.2) is 0 Å². The van der Waals surface area contributed by atoms with Gasteiger partial charge in [-0.1, -0.05) is 19.3 Å². The third-order valence-electron chi connectivity index (χ3n) is 3.90. The smallest absolute Gasteiger partial charge is 0.0639 e. The standard InChI is InChI=1S/C12H23NO/c1-10(14)8-13-7-6-11-4-2-3-5-12(11)9-13/h10-12,14H,2-9H2,1H3/t10-,11?,12?/m0/s1. The molecule has 0 aromatic heterocycles. The van der Waals surface area contributed by atoms with E-state index in [4.69, 9.17) is 0 Å². The predicted octanol–water partition coefficient (Wildman–Crippen LogP) is 1.88. The molecule has 14 heavy (non-hydrogen) atoms. The fourth-order valence-electron chi connectivity index (χ4n) is 3.22. The zero-order chi connectivity index (χ0) is 9.97. The first-order valence-electron chi connectivity index (χ1n) is 6.16. The molecule has 0 amide bonds. The molecule has 2 heteroatoms. The van der Waals surface area contributed by atoms with Crippen LogP contribution in [0, 0.1) is 11.8 Å². The molecular weight excluding hydrogens is 174 g/mol. The molecule has 1 saturated heterocycles. The van der Waals surface area contributed by atoms with E-state index in [1.165, 1.54) is 45.2 Å². The molecular formula is C12H23NO. The molecule has 3 atom stereocenters. The quantitative estimate of drug-likeness (QED) is 0.730. The fourth-order valence-corrected chi connectivity index (χ4v) is 3.22. The predicted molar refractivity (Wildman–Crippen MR) is 58.2 cm³/mol. The van der Waals surface area contributed by atoms with Crippen molar-refractivity contribution in [2.24, 2.45) is 11.8 Å². The molecule has 2 fully saturated rings. The molecule has 1 aliphatic heterocycles. The lowest BCUT2D eigenvalue weighted by Crippen LogP contribution is -2.44. The third-order valence-corrected chi connectivity index (χ3v) is 3.90. The van der Waals surface area contributed by atoms with Crippen molar-refractivity contribution < 1.29 is 5.11 Å². The molecule has 2 nitrogen and oxygen atoms in total. The number of aliphatic hydroxyl groups excluding tert-OH is 1. The number of rotatable bonds is 2. The number of piperidine rings is 1. The summed E-state index contributed by atoms with van der Waals surface area (Å²) in [5.74, 6) is 1.95. The molecule has 0 radical (unpaired) electrons. The molecule has 0 spiro atoms. The van der Waals surface area contributed by atoms with Gasteiger partial charge in [-0.2, -0.15) is 0 Å². The minimum absolute atomic E-state index is 0.157. The van der Waals surface area contributed by atoms with E-state index in [1.54, 1.807) is 0 Å². The Balaban J connectivity index is 1.83. The van der Waals surface area contributed by atoms with Crippen LogP contribution < -0.4 is 0 Å². The van der Waals surface area contributed by atoms with Crippen molar-refractivity contribution >= 4 is 0 Å². The largest absolute Gasteiger partial charge is 0.392 e. The van der Waals surface area contributed by atoms with Gasteiger partial charge < -0.3 is 10.0 Å². The minimum atomic E-state index is -0.157. The van der Waals surface area contributed by atoms with Gasteiger partial charge in [-0.15, -0.1) is 0 Å². The lowest BCUT2D eigenvalue weighted by Gasteiger charge is -2.41. The van der Waals surface area contributed by atoms with Gasteiger partial charge in [-0.05, 0) is 38.1 Å². The monoisotopic (exact) mass is 197 g/mol. The summed E-state index contributed by atoms with van der Waals surface area (Å²) in [5, 5.41) is 9.36. The van der Waals surface area contributed by atoms with Crippen molar-refractivity contribution in [2.75, 3.05) is 19.6 Å². The topological polar surface area (TPSA) is 23.5 Å². The average molecular weight is 197 g/mol. The first-order chi connectivity index (χ1) is 6.75. The maximum absolute atomic E-state index is 9.36. The van der Waals surface area contributed by atoms with E-state index in [0.29, 0.717) is 0 Å². The van der Waals surface area contributed by atoms with E-state index in [-0.39, 0.29) is 6.10 Å². The van der Waals surface area contributed by atoms with Crippen LogP contribution in [0.15, 0.2) is 0 Å². The van der Waals surface area contributed by atoms with Crippen molar-refractivity contribution in [1.82, 2.24) is 4.90 Å². The normalized spacial score (nSPS) is 36.4. The van der Waals surface area contributed by atoms with Crippen molar-refractivity contribution in [1.29, 1.82) is 0 Å². The zero-order valence-corrected chi connectivity index (χ0v) is 9.28. The summed E-state index contributed by atoms with van der Waals surface area (Å²) in [6.07, 6.45) is 7.00. The van der Waals surface area contributed by atoms with Gasteiger partial charge in [0.1, 0.15) is 0 Å². The van der Waals surface area contributed by atoms with Crippen LogP contribution in [-0.2, 0) is 0 Å². The highest BCUT2D eigenvalue weighted by Crippen LogP contribution is 2.35. The first kappa shape index (κ1) is 10.4. The van der Waals surface area contributed by atoms with Crippen LogP contribution in [0.25, 0.3) is 0 Å². The van der Waals surface area contributed by atoms with E-state index < -0.39 is 0 Å².